The summed E-state index contributed by atoms with van der Waals surface area (Å²) < 4.78 is 22.6. The Morgan fingerprint density at radius 2 is 2.13 bits per heavy atom. The number of sulfone groups is 1. The maximum Gasteiger partial charge on any atom is 0.318 e. The van der Waals surface area contributed by atoms with Crippen LogP contribution in [-0.4, -0.2) is 30.2 Å². The third-order valence-electron chi connectivity index (χ3n) is 1.66. The van der Waals surface area contributed by atoms with Crippen LogP contribution >= 0.6 is 0 Å². The highest BCUT2D eigenvalue weighted by Gasteiger charge is 2.16. The number of hydrogen-bond donors (Lipinski definition) is 1. The lowest BCUT2D eigenvalue weighted by Gasteiger charge is -2.02. The van der Waals surface area contributed by atoms with Gasteiger partial charge in [-0.1, -0.05) is 6.07 Å². The van der Waals surface area contributed by atoms with E-state index < -0.39 is 21.6 Å². The molecule has 0 amide bonds. The predicted octanol–water partition coefficient (Wildman–Crippen LogP) is 0.389. The molecule has 0 atom stereocenters. The highest BCUT2D eigenvalue weighted by Crippen LogP contribution is 2.07. The van der Waals surface area contributed by atoms with E-state index >= 15 is 0 Å². The number of aliphatic carboxylic acids is 1. The highest BCUT2D eigenvalue weighted by molar-refractivity contribution is 7.91. The summed E-state index contributed by atoms with van der Waals surface area (Å²) in [4.78, 5) is 14.1. The second-order valence-electron chi connectivity index (χ2n) is 3.30. The molecule has 0 fully saturated rings. The summed E-state index contributed by atoms with van der Waals surface area (Å²) in [7, 11) is -3.59. The normalized spacial score (nSPS) is 11.3. The van der Waals surface area contributed by atoms with Crippen LogP contribution in [-0.2, 0) is 20.4 Å². The Kier molecular flexibility index (Phi) is 3.41. The van der Waals surface area contributed by atoms with Crippen LogP contribution in [0.25, 0.3) is 0 Å². The number of pyridine rings is 1. The van der Waals surface area contributed by atoms with Crippen molar-refractivity contribution in [2.75, 3.05) is 5.75 Å². The lowest BCUT2D eigenvalue weighted by atomic mass is 10.2. The van der Waals surface area contributed by atoms with E-state index in [-0.39, 0.29) is 5.75 Å². The molecule has 0 aliphatic heterocycles. The third-order valence-corrected chi connectivity index (χ3v) is 3.12. The Hall–Kier alpha value is -1.43. The van der Waals surface area contributed by atoms with Crippen LogP contribution in [0.15, 0.2) is 18.5 Å². The molecule has 1 rings (SSSR count). The Bertz CT molecular complexity index is 467. The average Bonchev–Trinajstić information content (AvgIpc) is 1.99. The van der Waals surface area contributed by atoms with Gasteiger partial charge in [0.1, 0.15) is 5.75 Å². The molecule has 82 valence electrons. The van der Waals surface area contributed by atoms with E-state index in [2.05, 4.69) is 4.98 Å². The van der Waals surface area contributed by atoms with Crippen molar-refractivity contribution in [3.05, 3.63) is 29.6 Å². The third kappa shape index (κ3) is 4.07. The van der Waals surface area contributed by atoms with Crippen LogP contribution < -0.4 is 0 Å². The van der Waals surface area contributed by atoms with Gasteiger partial charge in [0.25, 0.3) is 0 Å². The fraction of sp³-hybridized carbons (Fsp3) is 0.333. The van der Waals surface area contributed by atoms with Gasteiger partial charge in [0, 0.05) is 12.4 Å². The first-order valence-electron chi connectivity index (χ1n) is 4.22. The maximum absolute atomic E-state index is 11.3. The van der Waals surface area contributed by atoms with Crippen molar-refractivity contribution < 1.29 is 18.3 Å². The van der Waals surface area contributed by atoms with Crippen LogP contribution in [0, 0.1) is 6.92 Å². The Labute approximate surface area is 87.7 Å². The Morgan fingerprint density at radius 3 is 2.67 bits per heavy atom. The molecule has 15 heavy (non-hydrogen) atoms. The average molecular weight is 229 g/mol. The number of carboxylic acid groups (broad SMARTS) is 1. The van der Waals surface area contributed by atoms with Crippen molar-refractivity contribution in [3.8, 4) is 0 Å². The molecule has 5 nitrogen and oxygen atoms in total. The van der Waals surface area contributed by atoms with Gasteiger partial charge in [0.05, 0.1) is 5.75 Å². The number of rotatable bonds is 4. The van der Waals surface area contributed by atoms with E-state index in [0.717, 1.165) is 5.56 Å². The molecular formula is C9H11NO4S. The van der Waals surface area contributed by atoms with Crippen molar-refractivity contribution in [1.82, 2.24) is 4.98 Å². The first-order valence-corrected chi connectivity index (χ1v) is 6.04. The number of carbonyl (C=O) groups is 1. The Balaban J connectivity index is 2.82. The summed E-state index contributed by atoms with van der Waals surface area (Å²) in [5.41, 5.74) is 1.36. The molecule has 1 heterocycles. The van der Waals surface area contributed by atoms with Crippen molar-refractivity contribution >= 4 is 15.8 Å². The molecule has 0 aromatic carbocycles. The monoisotopic (exact) mass is 229 g/mol. The molecule has 0 aliphatic rings. The molecule has 0 unspecified atom stereocenters. The van der Waals surface area contributed by atoms with Gasteiger partial charge in [-0.2, -0.15) is 0 Å². The minimum atomic E-state index is -3.59. The summed E-state index contributed by atoms with van der Waals surface area (Å²) in [6, 6.07) is 1.67. The van der Waals surface area contributed by atoms with E-state index in [1.165, 1.54) is 6.20 Å². The summed E-state index contributed by atoms with van der Waals surface area (Å²) in [6.07, 6.45) is 3.03. The molecule has 0 aliphatic carbocycles. The molecule has 0 saturated heterocycles. The van der Waals surface area contributed by atoms with Crippen molar-refractivity contribution in [2.24, 2.45) is 0 Å². The zero-order valence-corrected chi connectivity index (χ0v) is 8.99. The fourth-order valence-corrected chi connectivity index (χ4v) is 2.33. The van der Waals surface area contributed by atoms with Crippen LogP contribution in [0.2, 0.25) is 0 Å². The number of aryl methyl sites for hydroxylation is 1. The van der Waals surface area contributed by atoms with Crippen LogP contribution in [0.5, 0.6) is 0 Å². The molecule has 0 spiro atoms. The van der Waals surface area contributed by atoms with Gasteiger partial charge in [-0.15, -0.1) is 0 Å². The van der Waals surface area contributed by atoms with E-state index in [9.17, 15) is 13.2 Å². The first-order chi connectivity index (χ1) is 6.89. The molecular weight excluding hydrogens is 218 g/mol. The van der Waals surface area contributed by atoms with Gasteiger partial charge in [-0.25, -0.2) is 8.42 Å². The second kappa shape index (κ2) is 4.39. The number of aromatic nitrogens is 1. The van der Waals surface area contributed by atoms with Crippen LogP contribution in [0.1, 0.15) is 11.1 Å². The van der Waals surface area contributed by atoms with Gasteiger partial charge >= 0.3 is 5.97 Å². The molecule has 0 bridgehead atoms. The predicted molar refractivity (Wildman–Crippen MR) is 54.1 cm³/mol. The van der Waals surface area contributed by atoms with Gasteiger partial charge in [-0.3, -0.25) is 9.78 Å². The zero-order chi connectivity index (χ0) is 11.5. The molecule has 1 N–H and O–H groups in total. The van der Waals surface area contributed by atoms with Crippen LogP contribution in [0.4, 0.5) is 0 Å². The minimum Gasteiger partial charge on any atom is -0.480 e. The number of nitrogens with zero attached hydrogens (tertiary/aromatic N) is 1. The van der Waals surface area contributed by atoms with E-state index in [4.69, 9.17) is 5.11 Å². The van der Waals surface area contributed by atoms with Crippen molar-refractivity contribution in [3.63, 3.8) is 0 Å². The summed E-state index contributed by atoms with van der Waals surface area (Å²) in [5.74, 6) is -2.47. The lowest BCUT2D eigenvalue weighted by molar-refractivity contribution is -0.134. The Morgan fingerprint density at radius 1 is 1.47 bits per heavy atom. The van der Waals surface area contributed by atoms with Gasteiger partial charge < -0.3 is 5.11 Å². The molecule has 1 aromatic heterocycles. The first kappa shape index (κ1) is 11.6. The number of hydrogen-bond acceptors (Lipinski definition) is 4. The summed E-state index contributed by atoms with van der Waals surface area (Å²) >= 11 is 0. The van der Waals surface area contributed by atoms with Crippen molar-refractivity contribution in [1.29, 1.82) is 0 Å². The highest BCUT2D eigenvalue weighted by atomic mass is 32.2. The lowest BCUT2D eigenvalue weighted by Crippen LogP contribution is -2.17. The number of carboxylic acids is 1. The van der Waals surface area contributed by atoms with Gasteiger partial charge in [-0.05, 0) is 18.1 Å². The molecule has 0 saturated carbocycles. The van der Waals surface area contributed by atoms with E-state index in [0.29, 0.717) is 5.56 Å². The fourth-order valence-electron chi connectivity index (χ4n) is 1.19. The SMILES string of the molecule is Cc1cncc(CS(=O)(=O)CC(=O)O)c1. The van der Waals surface area contributed by atoms with E-state index in [1.807, 2.05) is 0 Å². The minimum absolute atomic E-state index is 0.284. The summed E-state index contributed by atoms with van der Waals surface area (Å²) in [5, 5.41) is 8.39. The second-order valence-corrected chi connectivity index (χ2v) is 5.36. The molecule has 6 heteroatoms. The van der Waals surface area contributed by atoms with Crippen LogP contribution in [0.3, 0.4) is 0 Å². The van der Waals surface area contributed by atoms with Crippen molar-refractivity contribution in [2.45, 2.75) is 12.7 Å². The molecule has 0 radical (unpaired) electrons. The van der Waals surface area contributed by atoms with Gasteiger partial charge in [0.15, 0.2) is 9.84 Å². The maximum atomic E-state index is 11.3. The standard InChI is InChI=1S/C9H11NO4S/c1-7-2-8(4-10-3-7)5-15(13,14)6-9(11)12/h2-4H,5-6H2,1H3,(H,11,12). The van der Waals surface area contributed by atoms with E-state index in [1.54, 1.807) is 19.2 Å². The zero-order valence-electron chi connectivity index (χ0n) is 8.17. The largest absolute Gasteiger partial charge is 0.480 e. The smallest absolute Gasteiger partial charge is 0.318 e. The summed E-state index contributed by atoms with van der Waals surface area (Å²) in [6.45, 7) is 1.79. The topological polar surface area (TPSA) is 84.3 Å². The molecule has 1 aromatic rings. The quantitative estimate of drug-likeness (QED) is 0.807. The van der Waals surface area contributed by atoms with Gasteiger partial charge in [0.2, 0.25) is 0 Å².